The summed E-state index contributed by atoms with van der Waals surface area (Å²) >= 11 is 1.60. The zero-order valence-electron chi connectivity index (χ0n) is 11.1. The molecule has 106 valence electrons. The number of rotatable bonds is 4. The van der Waals surface area contributed by atoms with Crippen LogP contribution in [0.1, 0.15) is 25.8 Å². The zero-order valence-corrected chi connectivity index (χ0v) is 12.7. The molecule has 7 heteroatoms. The number of benzene rings is 1. The number of hydrogen-bond donors (Lipinski definition) is 1. The quantitative estimate of drug-likeness (QED) is 0.933. The first-order valence-corrected chi connectivity index (χ1v) is 8.56. The van der Waals surface area contributed by atoms with E-state index in [1.54, 1.807) is 29.5 Å². The molecule has 2 aromatic rings. The second-order valence-corrected chi connectivity index (χ2v) is 7.49. The maximum Gasteiger partial charge on any atom is 0.264 e. The molecule has 1 aromatic carbocycles. The van der Waals surface area contributed by atoms with E-state index in [1.807, 2.05) is 23.9 Å². The highest BCUT2D eigenvalue weighted by atomic mass is 32.2. The molecule has 0 bridgehead atoms. The molecule has 1 heterocycles. The van der Waals surface area contributed by atoms with Crippen molar-refractivity contribution in [2.45, 2.75) is 13.3 Å². The van der Waals surface area contributed by atoms with Crippen LogP contribution in [0.4, 0.5) is 0 Å². The highest BCUT2D eigenvalue weighted by Gasteiger charge is 2.11. The Bertz CT molecular complexity index is 736. The van der Waals surface area contributed by atoms with Crippen molar-refractivity contribution in [2.24, 2.45) is 0 Å². The maximum absolute atomic E-state index is 11.8. The Hall–Kier alpha value is -1.73. The Kier molecular flexibility index (Phi) is 4.20. The lowest BCUT2D eigenvalue weighted by Gasteiger charge is -2.05. The largest absolute Gasteiger partial charge is 0.268 e. The normalized spacial score (nSPS) is 11.3. The first-order chi connectivity index (χ1) is 9.33. The Balaban J connectivity index is 2.17. The number of sulfonamides is 1. The molecule has 0 saturated heterocycles. The van der Waals surface area contributed by atoms with E-state index < -0.39 is 15.9 Å². The summed E-state index contributed by atoms with van der Waals surface area (Å²) in [6.07, 6.45) is 3.43. The summed E-state index contributed by atoms with van der Waals surface area (Å²) in [5, 5.41) is 0.992. The van der Waals surface area contributed by atoms with Crippen LogP contribution >= 0.6 is 11.3 Å². The van der Waals surface area contributed by atoms with E-state index in [-0.39, 0.29) is 0 Å². The molecule has 2 rings (SSSR count). The van der Waals surface area contributed by atoms with Gasteiger partial charge in [-0.2, -0.15) is 0 Å². The Morgan fingerprint density at radius 2 is 2.15 bits per heavy atom. The van der Waals surface area contributed by atoms with Crippen LogP contribution in [-0.2, 0) is 16.4 Å². The minimum Gasteiger partial charge on any atom is -0.268 e. The monoisotopic (exact) mass is 310 g/mol. The van der Waals surface area contributed by atoms with Crippen LogP contribution in [-0.4, -0.2) is 25.6 Å². The zero-order chi connectivity index (χ0) is 14.8. The van der Waals surface area contributed by atoms with Gasteiger partial charge in [0, 0.05) is 23.1 Å². The molecule has 0 unspecified atom stereocenters. The van der Waals surface area contributed by atoms with E-state index in [2.05, 4.69) is 4.98 Å². The van der Waals surface area contributed by atoms with Gasteiger partial charge in [-0.1, -0.05) is 12.1 Å². The summed E-state index contributed by atoms with van der Waals surface area (Å²) in [6.45, 7) is 1.93. The smallest absolute Gasteiger partial charge is 0.264 e. The molecule has 0 fully saturated rings. The van der Waals surface area contributed by atoms with Crippen LogP contribution in [0.2, 0.25) is 0 Å². The van der Waals surface area contributed by atoms with Crippen molar-refractivity contribution in [3.8, 4) is 0 Å². The third-order valence-electron chi connectivity index (χ3n) is 2.51. The van der Waals surface area contributed by atoms with Crippen molar-refractivity contribution in [1.82, 2.24) is 9.71 Å². The van der Waals surface area contributed by atoms with Crippen LogP contribution in [0.3, 0.4) is 0 Å². The van der Waals surface area contributed by atoms with Crippen LogP contribution in [0.5, 0.6) is 0 Å². The number of nitrogens with zero attached hydrogens (tertiary/aromatic N) is 1. The molecular formula is C13H14N2O3S2. The summed E-state index contributed by atoms with van der Waals surface area (Å²) in [5.41, 5.74) is 1.27. The van der Waals surface area contributed by atoms with E-state index in [0.29, 0.717) is 12.0 Å². The van der Waals surface area contributed by atoms with Gasteiger partial charge in [0.25, 0.3) is 5.91 Å². The minimum absolute atomic E-state index is 0.328. The standard InChI is InChI=1S/C13H14N2O3S2/c1-9-14-8-12(19-9)7-10-4-3-5-11(6-10)13(16)15-20(2,17)18/h3-6,8H,7H2,1-2H3,(H,15,16). The summed E-state index contributed by atoms with van der Waals surface area (Å²) in [5.74, 6) is -0.616. The number of carbonyl (C=O) groups excluding carboxylic acids is 1. The van der Waals surface area contributed by atoms with Crippen LogP contribution < -0.4 is 4.72 Å². The van der Waals surface area contributed by atoms with E-state index in [9.17, 15) is 13.2 Å². The Morgan fingerprint density at radius 1 is 1.40 bits per heavy atom. The van der Waals surface area contributed by atoms with Crippen molar-refractivity contribution >= 4 is 27.3 Å². The molecule has 0 spiro atoms. The van der Waals surface area contributed by atoms with E-state index in [0.717, 1.165) is 21.7 Å². The van der Waals surface area contributed by atoms with Crippen molar-refractivity contribution in [3.63, 3.8) is 0 Å². The van der Waals surface area contributed by atoms with E-state index in [4.69, 9.17) is 0 Å². The van der Waals surface area contributed by atoms with Crippen molar-refractivity contribution in [3.05, 3.63) is 51.5 Å². The molecule has 0 atom stereocenters. The fourth-order valence-corrected chi connectivity index (χ4v) is 3.02. The van der Waals surface area contributed by atoms with Gasteiger partial charge in [-0.15, -0.1) is 11.3 Å². The minimum atomic E-state index is -3.55. The summed E-state index contributed by atoms with van der Waals surface area (Å²) < 4.78 is 24.1. The van der Waals surface area contributed by atoms with Gasteiger partial charge >= 0.3 is 0 Å². The number of aromatic nitrogens is 1. The lowest BCUT2D eigenvalue weighted by atomic mass is 10.1. The van der Waals surface area contributed by atoms with Gasteiger partial charge < -0.3 is 0 Å². The van der Waals surface area contributed by atoms with Gasteiger partial charge in [-0.3, -0.25) is 4.79 Å². The molecule has 1 aromatic heterocycles. The second-order valence-electron chi connectivity index (χ2n) is 4.43. The molecule has 0 aliphatic carbocycles. The van der Waals surface area contributed by atoms with Gasteiger partial charge in [0.05, 0.1) is 11.3 Å². The average molecular weight is 310 g/mol. The van der Waals surface area contributed by atoms with Crippen LogP contribution in [0.25, 0.3) is 0 Å². The number of amides is 1. The average Bonchev–Trinajstić information content (AvgIpc) is 2.73. The number of hydrogen-bond acceptors (Lipinski definition) is 5. The number of nitrogens with one attached hydrogen (secondary N) is 1. The molecule has 0 aliphatic heterocycles. The second kappa shape index (κ2) is 5.72. The molecule has 5 nitrogen and oxygen atoms in total. The predicted octanol–water partition coefficient (Wildman–Crippen LogP) is 1.73. The van der Waals surface area contributed by atoms with Crippen molar-refractivity contribution < 1.29 is 13.2 Å². The third-order valence-corrected chi connectivity index (χ3v) is 3.98. The third kappa shape index (κ3) is 4.14. The Morgan fingerprint density at radius 3 is 2.75 bits per heavy atom. The highest BCUT2D eigenvalue weighted by molar-refractivity contribution is 7.89. The summed E-state index contributed by atoms with van der Waals surface area (Å²) in [7, 11) is -3.55. The lowest BCUT2D eigenvalue weighted by Crippen LogP contribution is -2.29. The summed E-state index contributed by atoms with van der Waals surface area (Å²) in [4.78, 5) is 17.0. The molecule has 0 aliphatic rings. The molecule has 1 N–H and O–H groups in total. The maximum atomic E-state index is 11.8. The van der Waals surface area contributed by atoms with Gasteiger partial charge in [0.2, 0.25) is 10.0 Å². The molecule has 20 heavy (non-hydrogen) atoms. The van der Waals surface area contributed by atoms with Crippen LogP contribution in [0, 0.1) is 6.92 Å². The Labute approximate surface area is 121 Å². The van der Waals surface area contributed by atoms with Crippen molar-refractivity contribution in [2.75, 3.05) is 6.26 Å². The molecule has 0 radical (unpaired) electrons. The van der Waals surface area contributed by atoms with Crippen molar-refractivity contribution in [1.29, 1.82) is 0 Å². The highest BCUT2D eigenvalue weighted by Crippen LogP contribution is 2.17. The fourth-order valence-electron chi connectivity index (χ4n) is 1.74. The number of thiazole rings is 1. The molecular weight excluding hydrogens is 296 g/mol. The topological polar surface area (TPSA) is 76.1 Å². The fraction of sp³-hybridized carbons (Fsp3) is 0.231. The van der Waals surface area contributed by atoms with Gasteiger partial charge in [-0.25, -0.2) is 18.1 Å². The molecule has 1 amide bonds. The number of carbonyl (C=O) groups is 1. The first kappa shape index (κ1) is 14.7. The van der Waals surface area contributed by atoms with Gasteiger partial charge in [0.1, 0.15) is 0 Å². The SMILES string of the molecule is Cc1ncc(Cc2cccc(C(=O)NS(C)(=O)=O)c2)s1. The van der Waals surface area contributed by atoms with Crippen LogP contribution in [0.15, 0.2) is 30.5 Å². The van der Waals surface area contributed by atoms with E-state index in [1.165, 1.54) is 0 Å². The van der Waals surface area contributed by atoms with E-state index >= 15 is 0 Å². The summed E-state index contributed by atoms with van der Waals surface area (Å²) in [6, 6.07) is 6.91. The molecule has 0 saturated carbocycles. The number of aryl methyl sites for hydroxylation is 1. The lowest BCUT2D eigenvalue weighted by molar-refractivity contribution is 0.0981. The predicted molar refractivity (Wildman–Crippen MR) is 78.4 cm³/mol. The van der Waals surface area contributed by atoms with Gasteiger partial charge in [0.15, 0.2) is 0 Å². The first-order valence-electron chi connectivity index (χ1n) is 5.86. The van der Waals surface area contributed by atoms with Gasteiger partial charge in [-0.05, 0) is 24.6 Å².